The molecule has 0 aliphatic rings. The molecular formula is C72H121NO8. The fourth-order valence-electron chi connectivity index (χ4n) is 8.70. The van der Waals surface area contributed by atoms with Crippen molar-refractivity contribution in [3.05, 3.63) is 122 Å². The molecule has 0 bridgehead atoms. The minimum atomic E-state index is -1.63. The smallest absolute Gasteiger partial charge is 0.306 e. The Morgan fingerprint density at radius 2 is 0.704 bits per heavy atom. The summed E-state index contributed by atoms with van der Waals surface area (Å²) >= 11 is 0. The lowest BCUT2D eigenvalue weighted by Crippen LogP contribution is -2.44. The van der Waals surface area contributed by atoms with E-state index in [2.05, 4.69) is 135 Å². The van der Waals surface area contributed by atoms with Gasteiger partial charge in [0.05, 0.1) is 40.3 Å². The monoisotopic (exact) mass is 1130 g/mol. The largest absolute Gasteiger partial charge is 0.545 e. The fourth-order valence-corrected chi connectivity index (χ4v) is 8.70. The number of rotatable bonds is 59. The summed E-state index contributed by atoms with van der Waals surface area (Å²) in [6.45, 7) is 4.60. The number of allylic oxidation sites excluding steroid dienone is 20. The minimum absolute atomic E-state index is 0.142. The first-order chi connectivity index (χ1) is 39.6. The molecule has 0 aliphatic carbocycles. The van der Waals surface area contributed by atoms with Gasteiger partial charge in [-0.05, 0) is 109 Å². The predicted molar refractivity (Wildman–Crippen MR) is 343 cm³/mol. The molecule has 0 aromatic rings. The highest BCUT2D eigenvalue weighted by Gasteiger charge is 2.22. The molecule has 0 aliphatic heterocycles. The number of hydrogen-bond acceptors (Lipinski definition) is 8. The van der Waals surface area contributed by atoms with Gasteiger partial charge in [0.25, 0.3) is 0 Å². The first kappa shape index (κ1) is 76.7. The van der Waals surface area contributed by atoms with Crippen molar-refractivity contribution in [3.63, 3.8) is 0 Å². The molecule has 0 amide bonds. The van der Waals surface area contributed by atoms with Gasteiger partial charge in [-0.25, -0.2) is 0 Å². The number of nitrogens with zero attached hydrogens (tertiary/aromatic N) is 1. The van der Waals surface area contributed by atoms with Gasteiger partial charge in [0.15, 0.2) is 12.4 Å². The fraction of sp³-hybridized carbons (Fsp3) is 0.681. The first-order valence-electron chi connectivity index (χ1n) is 32.7. The number of hydrogen-bond donors (Lipinski definition) is 0. The van der Waals surface area contributed by atoms with Gasteiger partial charge in [-0.2, -0.15) is 0 Å². The number of likely N-dealkylation sites (N-methyl/N-ethyl adjacent to an activating group) is 1. The summed E-state index contributed by atoms with van der Waals surface area (Å²) < 4.78 is 22.7. The van der Waals surface area contributed by atoms with E-state index >= 15 is 0 Å². The Bertz CT molecular complexity index is 1740. The van der Waals surface area contributed by atoms with Gasteiger partial charge in [0, 0.05) is 12.8 Å². The maximum absolute atomic E-state index is 12.9. The maximum Gasteiger partial charge on any atom is 0.306 e. The number of carboxylic acids is 1. The zero-order valence-corrected chi connectivity index (χ0v) is 52.6. The normalized spacial score (nSPS) is 13.5. The Morgan fingerprint density at radius 3 is 1.05 bits per heavy atom. The molecule has 81 heavy (non-hydrogen) atoms. The van der Waals surface area contributed by atoms with Crippen LogP contribution in [0.3, 0.4) is 0 Å². The van der Waals surface area contributed by atoms with Gasteiger partial charge in [0.2, 0.25) is 0 Å². The molecule has 0 spiro atoms. The van der Waals surface area contributed by atoms with E-state index in [1.807, 2.05) is 21.1 Å². The van der Waals surface area contributed by atoms with Crippen LogP contribution in [-0.4, -0.2) is 82.3 Å². The maximum atomic E-state index is 12.9. The van der Waals surface area contributed by atoms with Crippen molar-refractivity contribution in [3.8, 4) is 0 Å². The highest BCUT2D eigenvalue weighted by Crippen LogP contribution is 2.16. The SMILES string of the molecule is CC/C=C\C/C=C\C/C=C\C/C=C\C/C=C\C/C=C\C/C=C\C/C=C\CCCCCCCCCCCCCCC(=O)OC(COC(=O)CCCCCCCCCCC/C=C\C/C=C\CCCCC)COC(OCC[N+](C)(C)C)C(=O)[O-]. The summed E-state index contributed by atoms with van der Waals surface area (Å²) in [5.74, 6) is -2.29. The van der Waals surface area contributed by atoms with Crippen LogP contribution >= 0.6 is 0 Å². The van der Waals surface area contributed by atoms with E-state index in [1.165, 1.54) is 122 Å². The molecule has 0 aromatic carbocycles. The van der Waals surface area contributed by atoms with Gasteiger partial charge in [0.1, 0.15) is 13.2 Å². The van der Waals surface area contributed by atoms with E-state index in [-0.39, 0.29) is 38.6 Å². The number of carbonyl (C=O) groups is 3. The quantitative estimate of drug-likeness (QED) is 0.0195. The topological polar surface area (TPSA) is 111 Å². The number of carboxylic acid groups (broad SMARTS) is 1. The molecular weight excluding hydrogens is 1010 g/mol. The van der Waals surface area contributed by atoms with Crippen LogP contribution in [0.1, 0.15) is 258 Å². The van der Waals surface area contributed by atoms with E-state index in [4.69, 9.17) is 18.9 Å². The molecule has 0 heterocycles. The predicted octanol–water partition coefficient (Wildman–Crippen LogP) is 18.7. The molecule has 0 N–H and O–H groups in total. The molecule has 2 atom stereocenters. The molecule has 462 valence electrons. The van der Waals surface area contributed by atoms with Crippen molar-refractivity contribution in [2.45, 2.75) is 270 Å². The first-order valence-corrected chi connectivity index (χ1v) is 32.7. The van der Waals surface area contributed by atoms with Gasteiger partial charge in [-0.15, -0.1) is 0 Å². The molecule has 0 fully saturated rings. The van der Waals surface area contributed by atoms with Crippen LogP contribution in [0, 0.1) is 0 Å². The molecule has 0 saturated carbocycles. The second-order valence-electron chi connectivity index (χ2n) is 22.7. The molecule has 9 nitrogen and oxygen atoms in total. The van der Waals surface area contributed by atoms with Crippen LogP contribution in [0.25, 0.3) is 0 Å². The molecule has 0 saturated heterocycles. The van der Waals surface area contributed by atoms with Crippen molar-refractivity contribution < 1.29 is 42.9 Å². The molecule has 2 unspecified atom stereocenters. The zero-order chi connectivity index (χ0) is 59.1. The number of carbonyl (C=O) groups excluding carboxylic acids is 3. The lowest BCUT2D eigenvalue weighted by atomic mass is 10.0. The van der Waals surface area contributed by atoms with Crippen molar-refractivity contribution in [1.29, 1.82) is 0 Å². The van der Waals surface area contributed by atoms with Crippen LogP contribution in [0.4, 0.5) is 0 Å². The lowest BCUT2D eigenvalue weighted by Gasteiger charge is -2.26. The molecule has 0 aromatic heterocycles. The highest BCUT2D eigenvalue weighted by atomic mass is 16.7. The van der Waals surface area contributed by atoms with Gasteiger partial charge in [-0.1, -0.05) is 257 Å². The molecule has 0 rings (SSSR count). The summed E-state index contributed by atoms with van der Waals surface area (Å²) in [7, 11) is 5.92. The Morgan fingerprint density at radius 1 is 0.383 bits per heavy atom. The third-order valence-electron chi connectivity index (χ3n) is 13.7. The van der Waals surface area contributed by atoms with Crippen LogP contribution < -0.4 is 5.11 Å². The van der Waals surface area contributed by atoms with E-state index < -0.39 is 24.3 Å². The second kappa shape index (κ2) is 61.8. The van der Waals surface area contributed by atoms with Crippen molar-refractivity contribution in [2.24, 2.45) is 0 Å². The van der Waals surface area contributed by atoms with Crippen LogP contribution in [0.2, 0.25) is 0 Å². The lowest BCUT2D eigenvalue weighted by molar-refractivity contribution is -0.870. The van der Waals surface area contributed by atoms with Crippen LogP contribution in [-0.2, 0) is 33.3 Å². The van der Waals surface area contributed by atoms with Gasteiger partial charge >= 0.3 is 11.9 Å². The average Bonchev–Trinajstić information content (AvgIpc) is 3.44. The number of aliphatic carboxylic acids is 1. The molecule has 9 heteroatoms. The standard InChI is InChI=1S/C72H121NO8/c1-6-8-10-12-14-16-18-20-22-24-26-27-28-29-30-31-32-33-34-35-36-37-38-39-40-41-42-43-45-47-49-51-53-55-57-59-61-63-70(75)81-68(67-80-72(71(76)77)78-65-64-73(3,4)5)66-79-69(74)62-60-58-56-54-52-50-48-46-44-25-23-21-19-17-15-13-11-9-7-2/h8,10,14-17,20-23,26-27,29-30,32-33,35-36,38-39,68,72H,6-7,9,11-13,18-19,24-25,28,31,34,37,40-67H2,1-5H3/b10-8-,16-14-,17-15-,22-20-,23-21-,27-26-,30-29-,33-32-,36-35-,39-38-. The Labute approximate surface area is 497 Å². The summed E-state index contributed by atoms with van der Waals surface area (Å²) in [4.78, 5) is 37.4. The van der Waals surface area contributed by atoms with E-state index in [1.54, 1.807) is 0 Å². The van der Waals surface area contributed by atoms with Crippen molar-refractivity contribution >= 4 is 17.9 Å². The second-order valence-corrected chi connectivity index (χ2v) is 22.7. The van der Waals surface area contributed by atoms with Crippen LogP contribution in [0.15, 0.2) is 122 Å². The number of ether oxygens (including phenoxy) is 4. The Kier molecular flexibility index (Phi) is 58.5. The summed E-state index contributed by atoms with van der Waals surface area (Å²) in [6.07, 6.45) is 84.0. The third kappa shape index (κ3) is 63.1. The molecule has 0 radical (unpaired) electrons. The van der Waals surface area contributed by atoms with Crippen molar-refractivity contribution in [2.75, 3.05) is 47.5 Å². The summed E-state index contributed by atoms with van der Waals surface area (Å²) in [5, 5.41) is 11.8. The highest BCUT2D eigenvalue weighted by molar-refractivity contribution is 5.70. The van der Waals surface area contributed by atoms with Gasteiger partial charge in [-0.3, -0.25) is 9.59 Å². The average molecular weight is 1130 g/mol. The number of esters is 2. The van der Waals surface area contributed by atoms with Gasteiger partial charge < -0.3 is 33.3 Å². The summed E-state index contributed by atoms with van der Waals surface area (Å²) in [6, 6.07) is 0. The van der Waals surface area contributed by atoms with E-state index in [0.717, 1.165) is 103 Å². The third-order valence-corrected chi connectivity index (χ3v) is 13.7. The van der Waals surface area contributed by atoms with Crippen LogP contribution in [0.5, 0.6) is 0 Å². The summed E-state index contributed by atoms with van der Waals surface area (Å²) in [5.41, 5.74) is 0. The Balaban J connectivity index is 4.15. The zero-order valence-electron chi connectivity index (χ0n) is 52.6. The van der Waals surface area contributed by atoms with E-state index in [9.17, 15) is 19.5 Å². The van der Waals surface area contributed by atoms with E-state index in [0.29, 0.717) is 17.4 Å². The van der Waals surface area contributed by atoms with Crippen molar-refractivity contribution in [1.82, 2.24) is 0 Å². The minimum Gasteiger partial charge on any atom is -0.545 e. The number of unbranched alkanes of at least 4 members (excludes halogenated alkanes) is 24. The Hall–Kier alpha value is -4.31. The number of quaternary nitrogens is 1.